The SMILES string of the molecule is O=C(NOCCN1CCCC1=O)[C@@H]1CC[C@@H]2CN1C(=O)N2OCc1ccccc1. The van der Waals surface area contributed by atoms with E-state index in [0.29, 0.717) is 39.0 Å². The lowest BCUT2D eigenvalue weighted by molar-refractivity contribution is -0.141. The van der Waals surface area contributed by atoms with Gasteiger partial charge < -0.3 is 9.80 Å². The van der Waals surface area contributed by atoms with Crippen LogP contribution in [0.3, 0.4) is 0 Å². The molecule has 1 N–H and O–H groups in total. The van der Waals surface area contributed by atoms with Crippen LogP contribution in [-0.2, 0) is 25.9 Å². The number of carbonyl (C=O) groups is 3. The van der Waals surface area contributed by atoms with Crippen molar-refractivity contribution in [3.63, 3.8) is 0 Å². The predicted molar refractivity (Wildman–Crippen MR) is 102 cm³/mol. The summed E-state index contributed by atoms with van der Waals surface area (Å²) in [4.78, 5) is 51.1. The zero-order chi connectivity index (χ0) is 20.2. The number of carbonyl (C=O) groups excluding carboxylic acids is 3. The van der Waals surface area contributed by atoms with Crippen LogP contribution in [0.2, 0.25) is 0 Å². The highest BCUT2D eigenvalue weighted by atomic mass is 16.7. The topological polar surface area (TPSA) is 91.4 Å². The maximum absolute atomic E-state index is 12.7. The number of piperidine rings is 1. The van der Waals surface area contributed by atoms with E-state index in [1.165, 1.54) is 5.06 Å². The summed E-state index contributed by atoms with van der Waals surface area (Å²) >= 11 is 0. The third-order valence-corrected chi connectivity index (χ3v) is 5.65. The molecule has 0 spiro atoms. The largest absolute Gasteiger partial charge is 0.345 e. The van der Waals surface area contributed by atoms with Crippen molar-refractivity contribution in [1.29, 1.82) is 0 Å². The third kappa shape index (κ3) is 4.35. The summed E-state index contributed by atoms with van der Waals surface area (Å²) in [5, 5.41) is 1.40. The van der Waals surface area contributed by atoms with Gasteiger partial charge >= 0.3 is 6.03 Å². The van der Waals surface area contributed by atoms with Crippen molar-refractivity contribution in [3.8, 4) is 0 Å². The van der Waals surface area contributed by atoms with Crippen LogP contribution < -0.4 is 5.48 Å². The minimum atomic E-state index is -0.572. The van der Waals surface area contributed by atoms with Crippen molar-refractivity contribution < 1.29 is 24.1 Å². The highest BCUT2D eigenvalue weighted by Gasteiger charge is 2.48. The van der Waals surface area contributed by atoms with Gasteiger partial charge in [-0.1, -0.05) is 30.3 Å². The number of rotatable bonds is 8. The van der Waals surface area contributed by atoms with E-state index in [0.717, 1.165) is 18.5 Å². The molecule has 3 heterocycles. The second-order valence-corrected chi connectivity index (χ2v) is 7.57. The molecule has 0 aromatic heterocycles. The number of benzene rings is 1. The van der Waals surface area contributed by atoms with E-state index in [1.807, 2.05) is 30.3 Å². The molecule has 0 aliphatic carbocycles. The molecule has 0 unspecified atom stereocenters. The second kappa shape index (κ2) is 8.79. The first-order chi connectivity index (χ1) is 14.1. The molecular formula is C20H26N4O5. The molecule has 3 saturated heterocycles. The van der Waals surface area contributed by atoms with E-state index >= 15 is 0 Å². The number of hydroxylamine groups is 3. The summed E-state index contributed by atoms with van der Waals surface area (Å²) in [7, 11) is 0. The average Bonchev–Trinajstić information content (AvgIpc) is 3.25. The van der Waals surface area contributed by atoms with Gasteiger partial charge in [0.2, 0.25) is 5.91 Å². The number of amides is 4. The van der Waals surface area contributed by atoms with Crippen molar-refractivity contribution in [2.45, 2.75) is 44.4 Å². The fourth-order valence-corrected chi connectivity index (χ4v) is 4.08. The van der Waals surface area contributed by atoms with Gasteiger partial charge in [-0.25, -0.2) is 10.3 Å². The van der Waals surface area contributed by atoms with Crippen LogP contribution in [0.25, 0.3) is 0 Å². The number of nitrogens with zero attached hydrogens (tertiary/aromatic N) is 3. The minimum Gasteiger partial charge on any atom is -0.340 e. The number of likely N-dealkylation sites (tertiary alicyclic amines) is 1. The summed E-state index contributed by atoms with van der Waals surface area (Å²) in [5.74, 6) is -0.217. The first kappa shape index (κ1) is 19.7. The van der Waals surface area contributed by atoms with Gasteiger partial charge in [-0.15, -0.1) is 0 Å². The molecule has 2 atom stereocenters. The number of urea groups is 1. The Morgan fingerprint density at radius 2 is 2.00 bits per heavy atom. The third-order valence-electron chi connectivity index (χ3n) is 5.65. The summed E-state index contributed by atoms with van der Waals surface area (Å²) < 4.78 is 0. The minimum absolute atomic E-state index is 0.0441. The van der Waals surface area contributed by atoms with Crippen molar-refractivity contribution in [3.05, 3.63) is 35.9 Å². The summed E-state index contributed by atoms with van der Waals surface area (Å²) in [6.45, 7) is 2.20. The standard InChI is InChI=1S/C20H26N4O5/c25-18-7-4-10-22(18)11-12-28-21-19(26)17-9-8-16-13-23(17)20(27)24(16)29-14-15-5-2-1-3-6-15/h1-3,5-6,16-17H,4,7-14H2,(H,21,26)/t16-,17+/m1/s1. The maximum Gasteiger partial charge on any atom is 0.345 e. The van der Waals surface area contributed by atoms with Crippen molar-refractivity contribution in [1.82, 2.24) is 20.3 Å². The first-order valence-electron chi connectivity index (χ1n) is 10.1. The van der Waals surface area contributed by atoms with Gasteiger partial charge in [0.25, 0.3) is 5.91 Å². The Hall–Kier alpha value is -2.65. The smallest absolute Gasteiger partial charge is 0.340 e. The Morgan fingerprint density at radius 3 is 2.76 bits per heavy atom. The van der Waals surface area contributed by atoms with E-state index in [1.54, 1.807) is 9.80 Å². The molecule has 9 nitrogen and oxygen atoms in total. The monoisotopic (exact) mass is 402 g/mol. The van der Waals surface area contributed by atoms with Gasteiger partial charge in [0, 0.05) is 26.1 Å². The molecule has 3 aliphatic rings. The van der Waals surface area contributed by atoms with Gasteiger partial charge in [-0.05, 0) is 24.8 Å². The quantitative estimate of drug-likeness (QED) is 0.519. The Morgan fingerprint density at radius 1 is 1.17 bits per heavy atom. The van der Waals surface area contributed by atoms with E-state index < -0.39 is 6.04 Å². The normalized spacial score (nSPS) is 23.8. The number of hydrogen-bond donors (Lipinski definition) is 1. The van der Waals surface area contributed by atoms with Gasteiger partial charge in [0.1, 0.15) is 12.6 Å². The van der Waals surface area contributed by atoms with Crippen LogP contribution in [0.15, 0.2) is 30.3 Å². The Kier molecular flexibility index (Phi) is 5.96. The van der Waals surface area contributed by atoms with Crippen molar-refractivity contribution in [2.24, 2.45) is 0 Å². The number of nitrogens with one attached hydrogen (secondary N) is 1. The second-order valence-electron chi connectivity index (χ2n) is 7.57. The highest BCUT2D eigenvalue weighted by molar-refractivity contribution is 5.88. The Balaban J connectivity index is 1.24. The molecule has 29 heavy (non-hydrogen) atoms. The van der Waals surface area contributed by atoms with E-state index in [4.69, 9.17) is 9.68 Å². The average molecular weight is 402 g/mol. The maximum atomic E-state index is 12.7. The van der Waals surface area contributed by atoms with Crippen LogP contribution in [-0.4, -0.2) is 71.0 Å². The molecule has 4 amide bonds. The summed E-state index contributed by atoms with van der Waals surface area (Å²) in [6.07, 6.45) is 2.70. The summed E-state index contributed by atoms with van der Waals surface area (Å²) in [6, 6.07) is 8.75. The fourth-order valence-electron chi connectivity index (χ4n) is 4.08. The molecule has 1 aromatic rings. The zero-order valence-corrected chi connectivity index (χ0v) is 16.3. The van der Waals surface area contributed by atoms with Crippen LogP contribution in [0.5, 0.6) is 0 Å². The van der Waals surface area contributed by atoms with Gasteiger partial charge in [0.05, 0.1) is 12.6 Å². The number of hydrogen-bond acceptors (Lipinski definition) is 5. The fraction of sp³-hybridized carbons (Fsp3) is 0.550. The first-order valence-corrected chi connectivity index (χ1v) is 10.1. The van der Waals surface area contributed by atoms with Gasteiger partial charge in [-0.3, -0.25) is 19.3 Å². The lowest BCUT2D eigenvalue weighted by atomic mass is 10.0. The Bertz CT molecular complexity index is 758. The molecule has 0 saturated carbocycles. The molecule has 4 rings (SSSR count). The molecular weight excluding hydrogens is 376 g/mol. The Labute approximate surface area is 169 Å². The zero-order valence-electron chi connectivity index (χ0n) is 16.3. The molecule has 0 radical (unpaired) electrons. The van der Waals surface area contributed by atoms with Crippen molar-refractivity contribution >= 4 is 17.8 Å². The van der Waals surface area contributed by atoms with E-state index in [2.05, 4.69) is 5.48 Å². The number of fused-ring (bicyclic) bond motifs is 2. The lowest BCUT2D eigenvalue weighted by Gasteiger charge is -2.29. The highest BCUT2D eigenvalue weighted by Crippen LogP contribution is 2.30. The van der Waals surface area contributed by atoms with Crippen LogP contribution in [0, 0.1) is 0 Å². The molecule has 3 fully saturated rings. The van der Waals surface area contributed by atoms with Crippen LogP contribution in [0.4, 0.5) is 4.79 Å². The molecule has 9 heteroatoms. The van der Waals surface area contributed by atoms with Crippen molar-refractivity contribution in [2.75, 3.05) is 26.2 Å². The van der Waals surface area contributed by atoms with Gasteiger partial charge in [-0.2, -0.15) is 5.06 Å². The molecule has 1 aromatic carbocycles. The lowest BCUT2D eigenvalue weighted by Crippen LogP contribution is -2.50. The van der Waals surface area contributed by atoms with E-state index in [-0.39, 0.29) is 30.5 Å². The van der Waals surface area contributed by atoms with Crippen LogP contribution in [0.1, 0.15) is 31.2 Å². The van der Waals surface area contributed by atoms with E-state index in [9.17, 15) is 14.4 Å². The summed E-state index contributed by atoms with van der Waals surface area (Å²) in [5.41, 5.74) is 3.42. The molecule has 2 bridgehead atoms. The van der Waals surface area contributed by atoms with Crippen LogP contribution >= 0.6 is 0 Å². The van der Waals surface area contributed by atoms with Gasteiger partial charge in [0.15, 0.2) is 0 Å². The predicted octanol–water partition coefficient (Wildman–Crippen LogP) is 1.06. The molecule has 156 valence electrons. The molecule has 3 aliphatic heterocycles.